The molecule has 0 spiro atoms. The van der Waals surface area contributed by atoms with Crippen molar-refractivity contribution in [2.75, 3.05) is 100 Å². The maximum Gasteiger partial charge on any atom is 0.325 e. The minimum Gasteiger partial charge on any atom is -0.481 e. The first-order valence-corrected chi connectivity index (χ1v) is 26.2. The van der Waals surface area contributed by atoms with Crippen LogP contribution in [0.4, 0.5) is 19.2 Å². The highest BCUT2D eigenvalue weighted by atomic mass is 16.9. The summed E-state index contributed by atoms with van der Waals surface area (Å²) in [5.41, 5.74) is 13.1. The van der Waals surface area contributed by atoms with Gasteiger partial charge in [0.05, 0.1) is 59.0 Å². The molecule has 80 heavy (non-hydrogen) atoms. The summed E-state index contributed by atoms with van der Waals surface area (Å²) in [5.74, 6) is 10.7. The summed E-state index contributed by atoms with van der Waals surface area (Å²) in [7, 11) is 1.80. The number of terminal acetylenes is 4. The summed E-state index contributed by atoms with van der Waals surface area (Å²) in [5, 5.41) is 8.28. The third-order valence-corrected chi connectivity index (χ3v) is 16.8. The molecule has 424 valence electrons. The van der Waals surface area contributed by atoms with Crippen molar-refractivity contribution in [1.82, 2.24) is 69.6 Å². The summed E-state index contributed by atoms with van der Waals surface area (Å²) in [6.07, 6.45) is 19.7. The van der Waals surface area contributed by atoms with Crippen LogP contribution >= 0.6 is 0 Å². The normalized spacial score (nSPS) is 29.5. The Hall–Kier alpha value is -7.48. The van der Waals surface area contributed by atoms with Crippen LogP contribution in [0.25, 0.3) is 0 Å². The van der Waals surface area contributed by atoms with E-state index in [2.05, 4.69) is 34.3 Å². The van der Waals surface area contributed by atoms with Crippen molar-refractivity contribution >= 4 is 24.1 Å². The number of nitrogens with one attached hydrogen (secondary N) is 2. The predicted octanol–water partition coefficient (Wildman–Crippen LogP) is -0.577. The average molecular weight is 1100 g/mol. The van der Waals surface area contributed by atoms with E-state index in [0.29, 0.717) is 39.7 Å². The van der Waals surface area contributed by atoms with E-state index >= 15 is 4.79 Å². The van der Waals surface area contributed by atoms with Crippen LogP contribution in [0.1, 0.15) is 43.0 Å². The lowest BCUT2D eigenvalue weighted by Crippen LogP contribution is -2.66. The third kappa shape index (κ3) is 8.65. The van der Waals surface area contributed by atoms with E-state index in [1.807, 2.05) is 35.5 Å². The zero-order valence-corrected chi connectivity index (χ0v) is 45.2. The Labute approximate surface area is 464 Å². The monoisotopic (exact) mass is 1100 g/mol. The average Bonchev–Trinajstić information content (AvgIpc) is 4.03. The number of ether oxygens (including phenoxy) is 6. The zero-order chi connectivity index (χ0) is 56.4. The van der Waals surface area contributed by atoms with Gasteiger partial charge in [0.25, 0.3) is 0 Å². The van der Waals surface area contributed by atoms with E-state index in [1.165, 1.54) is 0 Å². The second kappa shape index (κ2) is 21.2. The van der Waals surface area contributed by atoms with Crippen molar-refractivity contribution < 1.29 is 52.4 Å². The van der Waals surface area contributed by atoms with Crippen LogP contribution in [0.3, 0.4) is 0 Å². The summed E-state index contributed by atoms with van der Waals surface area (Å²) >= 11 is 0. The summed E-state index contributed by atoms with van der Waals surface area (Å²) < 4.78 is 36.0. The molecule has 27 heteroatoms. The molecule has 2 aromatic rings. The van der Waals surface area contributed by atoms with Gasteiger partial charge in [0.1, 0.15) is 87.6 Å². The van der Waals surface area contributed by atoms with Crippen LogP contribution in [0.2, 0.25) is 0 Å². The Kier molecular flexibility index (Phi) is 14.4. The molecule has 6 N–H and O–H groups in total. The van der Waals surface area contributed by atoms with E-state index in [1.54, 1.807) is 75.6 Å². The fourth-order valence-electron chi connectivity index (χ4n) is 12.7. The number of likely N-dealkylation sites (N-methyl/N-ethyl adjacent to an activating group) is 1. The van der Waals surface area contributed by atoms with Crippen LogP contribution in [0.5, 0.6) is 23.0 Å². The number of nitrogens with two attached hydrogens (primary N) is 2. The van der Waals surface area contributed by atoms with Gasteiger partial charge in [0, 0.05) is 42.1 Å². The molecule has 0 aliphatic carbocycles. The highest BCUT2D eigenvalue weighted by molar-refractivity contribution is 5.87. The minimum atomic E-state index is -1.24. The van der Waals surface area contributed by atoms with E-state index < -0.39 is 53.9 Å². The van der Waals surface area contributed by atoms with Crippen LogP contribution in [-0.4, -0.2) is 225 Å². The molecule has 2 aromatic carbocycles. The Morgan fingerprint density at radius 3 is 1.86 bits per heavy atom. The molecule has 9 aliphatic rings. The molecule has 7 saturated heterocycles. The van der Waals surface area contributed by atoms with Crippen molar-refractivity contribution in [1.29, 1.82) is 0 Å². The Morgan fingerprint density at radius 2 is 1.30 bits per heavy atom. The minimum absolute atomic E-state index is 0.00507. The fourth-order valence-corrected chi connectivity index (χ4v) is 12.7. The van der Waals surface area contributed by atoms with Gasteiger partial charge in [-0.1, -0.05) is 23.7 Å². The van der Waals surface area contributed by atoms with Crippen molar-refractivity contribution in [2.24, 2.45) is 11.5 Å². The van der Waals surface area contributed by atoms with Gasteiger partial charge in [-0.15, -0.1) is 30.8 Å². The van der Waals surface area contributed by atoms with Gasteiger partial charge in [-0.05, 0) is 52.1 Å². The first-order valence-electron chi connectivity index (χ1n) is 26.2. The quantitative estimate of drug-likeness (QED) is 0.0879. The molecule has 8 atom stereocenters. The number of fused-ring (bicyclic) bond motifs is 4. The van der Waals surface area contributed by atoms with Crippen molar-refractivity contribution in [3.05, 3.63) is 46.5 Å². The zero-order valence-electron chi connectivity index (χ0n) is 45.2. The molecule has 9 aliphatic heterocycles. The lowest BCUT2D eigenvalue weighted by Gasteiger charge is -2.45. The number of nitrogens with zero attached hydrogens (tertiary/aromatic N) is 12. The molecule has 8 amide bonds. The molecule has 9 heterocycles. The smallest absolute Gasteiger partial charge is 0.325 e. The van der Waals surface area contributed by atoms with Gasteiger partial charge in [-0.3, -0.25) is 49.4 Å². The molecule has 0 aromatic heterocycles. The van der Waals surface area contributed by atoms with Crippen LogP contribution < -0.4 is 41.0 Å². The van der Waals surface area contributed by atoms with Gasteiger partial charge in [-0.2, -0.15) is 0 Å². The largest absolute Gasteiger partial charge is 0.481 e. The van der Waals surface area contributed by atoms with Crippen LogP contribution in [-0.2, 0) is 40.5 Å². The molecule has 27 nitrogen and oxygen atoms in total. The number of rotatable bonds is 17. The maximum absolute atomic E-state index is 15.3. The lowest BCUT2D eigenvalue weighted by molar-refractivity contribution is -0.0940. The Bertz CT molecular complexity index is 3000. The molecule has 5 unspecified atom stereocenters. The number of hydroxylamine groups is 2. The van der Waals surface area contributed by atoms with Gasteiger partial charge in [-0.25, -0.2) is 33.9 Å². The molecule has 0 saturated carbocycles. The van der Waals surface area contributed by atoms with Crippen molar-refractivity contribution in [3.63, 3.8) is 0 Å². The van der Waals surface area contributed by atoms with E-state index in [-0.39, 0.29) is 131 Å². The Balaban J connectivity index is 0.861. The predicted molar refractivity (Wildman–Crippen MR) is 282 cm³/mol. The maximum atomic E-state index is 15.3. The summed E-state index contributed by atoms with van der Waals surface area (Å²) in [6.45, 7) is 6.63. The van der Waals surface area contributed by atoms with E-state index in [9.17, 15) is 14.4 Å². The number of urea groups is 4. The number of hydrogen-bond donors (Lipinski definition) is 4. The second-order valence-electron chi connectivity index (χ2n) is 21.0. The third-order valence-electron chi connectivity index (χ3n) is 16.8. The molecule has 7 fully saturated rings. The fraction of sp³-hybridized carbons (Fsp3) is 0.547. The Morgan fingerprint density at radius 1 is 0.762 bits per heavy atom. The molecule has 0 bridgehead atoms. The van der Waals surface area contributed by atoms with E-state index in [4.69, 9.17) is 70.4 Å². The molecular weight excluding hydrogens is 1040 g/mol. The number of carbonyl (C=O) groups excluding carboxylic acids is 4. The summed E-state index contributed by atoms with van der Waals surface area (Å²) in [6, 6.07) is 5.39. The lowest BCUT2D eigenvalue weighted by atomic mass is 10.0. The second-order valence-corrected chi connectivity index (χ2v) is 21.0. The number of amides is 8. The van der Waals surface area contributed by atoms with Crippen LogP contribution in [0, 0.1) is 49.4 Å². The number of hydrogen-bond acceptors (Lipinski definition) is 19. The highest BCUT2D eigenvalue weighted by Gasteiger charge is 2.71. The molecular formula is C53H66N16O11. The van der Waals surface area contributed by atoms with Crippen LogP contribution in [0.15, 0.2) is 24.3 Å². The van der Waals surface area contributed by atoms with Gasteiger partial charge < -0.3 is 45.2 Å². The van der Waals surface area contributed by atoms with E-state index in [0.717, 1.165) is 5.56 Å². The topological polar surface area (TPSA) is 251 Å². The summed E-state index contributed by atoms with van der Waals surface area (Å²) in [4.78, 5) is 86.0. The highest BCUT2D eigenvalue weighted by Crippen LogP contribution is 2.52. The first kappa shape index (κ1) is 54.5. The molecule has 11 rings (SSSR count). The van der Waals surface area contributed by atoms with Gasteiger partial charge in [0.15, 0.2) is 11.8 Å². The number of carbonyl (C=O) groups is 4. The van der Waals surface area contributed by atoms with Gasteiger partial charge in [0.2, 0.25) is 5.85 Å². The van der Waals surface area contributed by atoms with Crippen molar-refractivity contribution in [3.8, 4) is 72.4 Å². The van der Waals surface area contributed by atoms with Crippen molar-refractivity contribution in [2.45, 2.75) is 88.8 Å². The SMILES string of the molecule is C#CCOc1ccc(OCC#C)c2c1CN[C@@]1(C)C(N(C)CN)N(CNC(=O)N(CN3OC3(C)N3CN4C(=O)N5Cc6c(OCC#C)ccc(OCC#C)c6CN6C(=O)N(CN7COCC73)C4[C@@]65C)[C@H]3COCN3CN)C(=O)N1C2. The first-order chi connectivity index (χ1) is 38.6. The standard InChI is InChI=1S/C53H66N16O11/c1-9-17-76-39-13-14-40(77-18-10-2)36-22-65-48(71)61(45(58(8)27-54)51(65,5)57-21-35(36)39)29-56-47(70)62(43-25-74-33-59(43)28-55)32-69-53(7,80-69)68-31-64-46-52(6)66(49(72)63(46)30-60-34-75-26-44(60)68)23-37-38(24-67(52)50(64)73)42(79-20-12-4)16-15-41(37)78-19-11-3/h1-4,13-16,43-46,57H,17-34,54-55H2,5-8H3,(H,56,70)/t43-,44?,45?,46?,51+,52-,53?,69?/m0/s1. The molecule has 0 radical (unpaired) electrons. The number of benzene rings is 2. The van der Waals surface area contributed by atoms with Gasteiger partial charge >= 0.3 is 24.1 Å².